The van der Waals surface area contributed by atoms with E-state index < -0.39 is 12.6 Å². The number of carbonyl (C=O) groups excluding carboxylic acids is 1. The molecule has 0 saturated heterocycles. The number of carbonyl (C=O) groups is 1. The number of nitrogens with two attached hydrogens (primary N) is 1. The van der Waals surface area contributed by atoms with Crippen molar-refractivity contribution in [1.82, 2.24) is 20.5 Å². The number of alkyl halides is 2. The van der Waals surface area contributed by atoms with E-state index in [1.54, 1.807) is 24.3 Å². The highest BCUT2D eigenvalue weighted by Gasteiger charge is 2.11. The predicted molar refractivity (Wildman–Crippen MR) is 87.2 cm³/mol. The van der Waals surface area contributed by atoms with E-state index in [1.807, 2.05) is 0 Å². The molecule has 0 saturated carbocycles. The quantitative estimate of drug-likeness (QED) is 0.565. The maximum Gasteiger partial charge on any atom is 0.387 e. The Morgan fingerprint density at radius 2 is 2.16 bits per heavy atom. The Balaban J connectivity index is 1.62. The summed E-state index contributed by atoms with van der Waals surface area (Å²) in [7, 11) is 0. The monoisotopic (exact) mass is 348 g/mol. The highest BCUT2D eigenvalue weighted by Crippen LogP contribution is 2.20. The first-order valence-electron chi connectivity index (χ1n) is 7.20. The highest BCUT2D eigenvalue weighted by molar-refractivity contribution is 5.93. The van der Waals surface area contributed by atoms with Crippen LogP contribution in [-0.4, -0.2) is 27.8 Å². The van der Waals surface area contributed by atoms with Crippen molar-refractivity contribution in [1.29, 1.82) is 0 Å². The number of nitrogens with one attached hydrogen (secondary N) is 3. The zero-order chi connectivity index (χ0) is 17.8. The molecule has 1 aromatic carbocycles. The number of nitrogen functional groups attached to an aromatic ring is 1. The zero-order valence-corrected chi connectivity index (χ0v) is 12.8. The number of rotatable bonds is 5. The zero-order valence-electron chi connectivity index (χ0n) is 12.8. The number of ether oxygens (including phenoxy) is 1. The van der Waals surface area contributed by atoms with E-state index in [0.29, 0.717) is 22.3 Å². The standard InChI is InChI=1S/C15H14F2N6O2/c16-14(17)25-11-4-2-1-3-8(11)6-20-15(24)21-12-5-10-9(7-19-12)13(18)23-22-10/h1-5,7,14H,6H2,(H3,18,22,23)(H2,19,20,21,24). The van der Waals surface area contributed by atoms with Crippen molar-refractivity contribution < 1.29 is 18.3 Å². The summed E-state index contributed by atoms with van der Waals surface area (Å²) in [6.07, 6.45) is 1.48. The van der Waals surface area contributed by atoms with Gasteiger partial charge >= 0.3 is 12.6 Å². The molecule has 10 heteroatoms. The van der Waals surface area contributed by atoms with Crippen molar-refractivity contribution in [2.45, 2.75) is 13.2 Å². The van der Waals surface area contributed by atoms with Crippen molar-refractivity contribution in [3.63, 3.8) is 0 Å². The van der Waals surface area contributed by atoms with Crippen molar-refractivity contribution >= 4 is 28.6 Å². The van der Waals surface area contributed by atoms with Crippen LogP contribution in [0.25, 0.3) is 10.9 Å². The molecule has 25 heavy (non-hydrogen) atoms. The topological polar surface area (TPSA) is 118 Å². The number of aromatic amines is 1. The number of aromatic nitrogens is 3. The lowest BCUT2D eigenvalue weighted by Gasteiger charge is -2.11. The summed E-state index contributed by atoms with van der Waals surface area (Å²) in [4.78, 5) is 16.0. The molecule has 0 atom stereocenters. The highest BCUT2D eigenvalue weighted by atomic mass is 19.3. The van der Waals surface area contributed by atoms with Gasteiger partial charge in [-0.3, -0.25) is 10.4 Å². The van der Waals surface area contributed by atoms with Gasteiger partial charge < -0.3 is 15.8 Å². The lowest BCUT2D eigenvalue weighted by Crippen LogP contribution is -2.28. The second-order valence-corrected chi connectivity index (χ2v) is 5.02. The summed E-state index contributed by atoms with van der Waals surface area (Å²) in [6.45, 7) is -2.93. The van der Waals surface area contributed by atoms with Gasteiger partial charge in [0.1, 0.15) is 11.6 Å². The summed E-state index contributed by atoms with van der Waals surface area (Å²) in [5, 5.41) is 12.3. The van der Waals surface area contributed by atoms with Gasteiger partial charge in [-0.25, -0.2) is 9.78 Å². The van der Waals surface area contributed by atoms with E-state index in [9.17, 15) is 13.6 Å². The molecule has 0 aliphatic heterocycles. The maximum atomic E-state index is 12.4. The largest absolute Gasteiger partial charge is 0.434 e. The van der Waals surface area contributed by atoms with Gasteiger partial charge in [-0.1, -0.05) is 18.2 Å². The summed E-state index contributed by atoms with van der Waals surface area (Å²) in [5.74, 6) is 0.602. The molecule has 3 aromatic rings. The van der Waals surface area contributed by atoms with Crippen LogP contribution < -0.4 is 21.1 Å². The number of amides is 2. The number of fused-ring (bicyclic) bond motifs is 1. The van der Waals surface area contributed by atoms with Crippen LogP contribution in [0.2, 0.25) is 0 Å². The molecular weight excluding hydrogens is 334 g/mol. The predicted octanol–water partition coefficient (Wildman–Crippen LogP) is 2.46. The number of hydrogen-bond acceptors (Lipinski definition) is 5. The maximum absolute atomic E-state index is 12.4. The number of para-hydroxylation sites is 1. The summed E-state index contributed by atoms with van der Waals surface area (Å²) >= 11 is 0. The number of H-pyrrole nitrogens is 1. The van der Waals surface area contributed by atoms with E-state index in [0.717, 1.165) is 0 Å². The first-order chi connectivity index (χ1) is 12.0. The van der Waals surface area contributed by atoms with Crippen LogP contribution in [-0.2, 0) is 6.54 Å². The van der Waals surface area contributed by atoms with Crippen LogP contribution in [0.1, 0.15) is 5.56 Å². The normalized spacial score (nSPS) is 10.8. The molecule has 2 aromatic heterocycles. The molecular formula is C15H14F2N6O2. The van der Waals surface area contributed by atoms with Crippen LogP contribution in [0.15, 0.2) is 36.5 Å². The number of halogens is 2. The van der Waals surface area contributed by atoms with Gasteiger partial charge in [-0.05, 0) is 6.07 Å². The first kappa shape index (κ1) is 16.4. The molecule has 0 radical (unpaired) electrons. The lowest BCUT2D eigenvalue weighted by atomic mass is 10.2. The second kappa shape index (κ2) is 6.99. The summed E-state index contributed by atoms with van der Waals surface area (Å²) in [6, 6.07) is 7.23. The number of pyridine rings is 1. The average Bonchev–Trinajstić information content (AvgIpc) is 2.94. The molecule has 8 nitrogen and oxygen atoms in total. The van der Waals surface area contributed by atoms with Crippen LogP contribution in [0, 0.1) is 0 Å². The Morgan fingerprint density at radius 3 is 2.96 bits per heavy atom. The Hall–Kier alpha value is -3.43. The van der Waals surface area contributed by atoms with E-state index in [4.69, 9.17) is 5.73 Å². The molecule has 0 fully saturated rings. The van der Waals surface area contributed by atoms with Crippen LogP contribution in [0.5, 0.6) is 5.75 Å². The Labute approximate surface area is 140 Å². The molecule has 5 N–H and O–H groups in total. The van der Waals surface area contributed by atoms with Crippen molar-refractivity contribution in [2.24, 2.45) is 0 Å². The van der Waals surface area contributed by atoms with Crippen molar-refractivity contribution in [3.05, 3.63) is 42.1 Å². The van der Waals surface area contributed by atoms with Crippen molar-refractivity contribution in [3.8, 4) is 5.75 Å². The van der Waals surface area contributed by atoms with Crippen molar-refractivity contribution in [2.75, 3.05) is 11.1 Å². The molecule has 0 aliphatic rings. The molecule has 2 amide bonds. The molecule has 2 heterocycles. The minimum absolute atomic E-state index is 0.00489. The van der Waals surface area contributed by atoms with E-state index >= 15 is 0 Å². The van der Waals surface area contributed by atoms with Gasteiger partial charge in [-0.2, -0.15) is 13.9 Å². The smallest absolute Gasteiger partial charge is 0.387 e. The minimum Gasteiger partial charge on any atom is -0.434 e. The third-order valence-electron chi connectivity index (χ3n) is 3.35. The first-order valence-corrected chi connectivity index (χ1v) is 7.20. The van der Waals surface area contributed by atoms with E-state index in [1.165, 1.54) is 12.3 Å². The minimum atomic E-state index is -2.94. The number of urea groups is 1. The Kier molecular flexibility index (Phi) is 4.59. The Bertz CT molecular complexity index is 899. The SMILES string of the molecule is Nc1n[nH]c2cc(NC(=O)NCc3ccccc3OC(F)F)ncc12. The number of benzene rings is 1. The van der Waals surface area contributed by atoms with E-state index in [2.05, 4.69) is 30.6 Å². The van der Waals surface area contributed by atoms with Gasteiger partial charge in [0, 0.05) is 24.4 Å². The fraction of sp³-hybridized carbons (Fsp3) is 0.133. The molecule has 0 unspecified atom stereocenters. The van der Waals surface area contributed by atoms with Gasteiger partial charge in [0.15, 0.2) is 5.82 Å². The number of anilines is 2. The number of hydrogen-bond donors (Lipinski definition) is 4. The molecule has 0 spiro atoms. The van der Waals surface area contributed by atoms with Gasteiger partial charge in [-0.15, -0.1) is 0 Å². The number of nitrogens with zero attached hydrogens (tertiary/aromatic N) is 2. The molecule has 130 valence electrons. The lowest BCUT2D eigenvalue weighted by molar-refractivity contribution is -0.0504. The molecule has 0 bridgehead atoms. The van der Waals surface area contributed by atoms with Crippen LogP contribution >= 0.6 is 0 Å². The van der Waals surface area contributed by atoms with Gasteiger partial charge in [0.05, 0.1) is 10.9 Å². The van der Waals surface area contributed by atoms with Gasteiger partial charge in [0.2, 0.25) is 0 Å². The summed E-state index contributed by atoms with van der Waals surface area (Å²) in [5.41, 5.74) is 6.68. The molecule has 3 rings (SSSR count). The fourth-order valence-corrected chi connectivity index (χ4v) is 2.20. The average molecular weight is 348 g/mol. The fourth-order valence-electron chi connectivity index (χ4n) is 2.20. The van der Waals surface area contributed by atoms with Gasteiger partial charge in [0.25, 0.3) is 0 Å². The molecule has 0 aliphatic carbocycles. The van der Waals surface area contributed by atoms with Crippen LogP contribution in [0.4, 0.5) is 25.2 Å². The second-order valence-electron chi connectivity index (χ2n) is 5.02. The third-order valence-corrected chi connectivity index (χ3v) is 3.35. The Morgan fingerprint density at radius 1 is 1.36 bits per heavy atom. The summed E-state index contributed by atoms with van der Waals surface area (Å²) < 4.78 is 29.1. The van der Waals surface area contributed by atoms with E-state index in [-0.39, 0.29) is 18.1 Å². The third kappa shape index (κ3) is 3.91. The van der Waals surface area contributed by atoms with Crippen LogP contribution in [0.3, 0.4) is 0 Å².